The van der Waals surface area contributed by atoms with Gasteiger partial charge < -0.3 is 4.90 Å². The third-order valence-corrected chi connectivity index (χ3v) is 6.27. The molecule has 0 aromatic heterocycles. The predicted molar refractivity (Wildman–Crippen MR) is 119 cm³/mol. The summed E-state index contributed by atoms with van der Waals surface area (Å²) in [6.07, 6.45) is 0.605. The monoisotopic (exact) mass is 488 g/mol. The number of hydrogen-bond acceptors (Lipinski definition) is 6. The Morgan fingerprint density at radius 2 is 1.59 bits per heavy atom. The van der Waals surface area contributed by atoms with Crippen LogP contribution in [0.2, 0.25) is 0 Å². The number of amides is 4. The van der Waals surface area contributed by atoms with E-state index in [-0.39, 0.29) is 31.7 Å². The Kier molecular flexibility index (Phi) is 6.82. The third-order valence-electron chi connectivity index (χ3n) is 5.92. The van der Waals surface area contributed by atoms with Gasteiger partial charge in [-0.2, -0.15) is 13.5 Å². The van der Waals surface area contributed by atoms with Crippen molar-refractivity contribution in [2.45, 2.75) is 37.3 Å². The molecular weight excluding hydrogens is 464 g/mol. The van der Waals surface area contributed by atoms with Gasteiger partial charge in [0, 0.05) is 18.9 Å². The van der Waals surface area contributed by atoms with E-state index in [9.17, 15) is 22.8 Å². The minimum atomic E-state index is -4.87. The molecule has 2 aliphatic rings. The average Bonchev–Trinajstić information content (AvgIpc) is 3.05. The number of fused-ring (bicyclic) bond motifs is 2. The zero-order valence-electron chi connectivity index (χ0n) is 18.0. The second kappa shape index (κ2) is 9.79. The predicted octanol–water partition coefficient (Wildman–Crippen LogP) is 1.36. The Bertz CT molecular complexity index is 1120. The summed E-state index contributed by atoms with van der Waals surface area (Å²) in [6, 6.07) is 16.7. The molecule has 11 nitrogen and oxygen atoms in total. The van der Waals surface area contributed by atoms with Crippen LogP contribution in [0.15, 0.2) is 60.7 Å². The Hall–Kier alpha value is -3.48. The van der Waals surface area contributed by atoms with E-state index in [0.29, 0.717) is 5.06 Å². The van der Waals surface area contributed by atoms with Crippen molar-refractivity contribution in [3.05, 3.63) is 71.8 Å². The molecule has 4 amide bonds. The maximum absolute atomic E-state index is 12.7. The largest absolute Gasteiger partial charge is 0.418 e. The Morgan fingerprint density at radius 3 is 2.15 bits per heavy atom. The van der Waals surface area contributed by atoms with Gasteiger partial charge in [0.25, 0.3) is 5.91 Å². The van der Waals surface area contributed by atoms with Crippen LogP contribution in [0.5, 0.6) is 0 Å². The molecule has 2 fully saturated rings. The second-order valence-corrected chi connectivity index (χ2v) is 9.13. The standard InChI is InChI=1S/C22H24N4O7S/c27-20(13-18(15-7-3-1-4-8-15)16-9-5-2-6-10-16)23-24-21(28)19-12-11-17-14-25(19)22(29)26(17)33-34(30,31)32/h1-10,17-19H,11-14H2,(H,23,27)(H,24,28)(H,30,31,32)/t17-,19+/m1/s1. The van der Waals surface area contributed by atoms with Crippen LogP contribution in [0.1, 0.15) is 36.3 Å². The van der Waals surface area contributed by atoms with Crippen LogP contribution in [0.25, 0.3) is 0 Å². The summed E-state index contributed by atoms with van der Waals surface area (Å²) in [5, 5.41) is 0.561. The van der Waals surface area contributed by atoms with Crippen LogP contribution < -0.4 is 10.9 Å². The number of piperidine rings is 1. The number of hydrogen-bond donors (Lipinski definition) is 3. The van der Waals surface area contributed by atoms with Crippen molar-refractivity contribution >= 4 is 28.2 Å². The van der Waals surface area contributed by atoms with Gasteiger partial charge in [0.05, 0.1) is 6.04 Å². The molecule has 2 aromatic carbocycles. The van der Waals surface area contributed by atoms with E-state index < -0.39 is 40.3 Å². The van der Waals surface area contributed by atoms with E-state index in [1.807, 2.05) is 60.7 Å². The Balaban J connectivity index is 1.37. The number of benzene rings is 2. The van der Waals surface area contributed by atoms with Crippen LogP contribution in [0, 0.1) is 0 Å². The van der Waals surface area contributed by atoms with Gasteiger partial charge in [-0.15, -0.1) is 4.28 Å². The van der Waals surface area contributed by atoms with Gasteiger partial charge in [0.15, 0.2) is 0 Å². The van der Waals surface area contributed by atoms with E-state index in [1.165, 1.54) is 0 Å². The van der Waals surface area contributed by atoms with Gasteiger partial charge in [-0.3, -0.25) is 25.0 Å². The van der Waals surface area contributed by atoms with E-state index in [0.717, 1.165) is 16.0 Å². The molecule has 2 saturated heterocycles. The molecule has 12 heteroatoms. The SMILES string of the molecule is O=C(CC(c1ccccc1)c1ccccc1)NNC(=O)[C@@H]1CC[C@@H]2CN1C(=O)N2OS(=O)(=O)O. The third kappa shape index (κ3) is 5.35. The molecule has 180 valence electrons. The number of carbonyl (C=O) groups is 3. The zero-order valence-corrected chi connectivity index (χ0v) is 18.8. The summed E-state index contributed by atoms with van der Waals surface area (Å²) in [6.45, 7) is 0.0600. The normalized spacial score (nSPS) is 19.9. The van der Waals surface area contributed by atoms with Gasteiger partial charge in [-0.25, -0.2) is 4.79 Å². The highest BCUT2D eigenvalue weighted by Crippen LogP contribution is 2.31. The number of rotatable bonds is 7. The highest BCUT2D eigenvalue weighted by molar-refractivity contribution is 7.80. The van der Waals surface area contributed by atoms with E-state index in [4.69, 9.17) is 4.55 Å². The number of hydrazine groups is 1. The quantitative estimate of drug-likeness (QED) is 0.394. The summed E-state index contributed by atoms with van der Waals surface area (Å²) in [7, 11) is -4.87. The molecule has 0 aliphatic carbocycles. The van der Waals surface area contributed by atoms with Gasteiger partial charge >= 0.3 is 16.4 Å². The van der Waals surface area contributed by atoms with Gasteiger partial charge in [0.2, 0.25) is 5.91 Å². The van der Waals surface area contributed by atoms with Crippen molar-refractivity contribution < 1.29 is 31.6 Å². The van der Waals surface area contributed by atoms with E-state index in [2.05, 4.69) is 15.1 Å². The number of nitrogens with one attached hydrogen (secondary N) is 2. The highest BCUT2D eigenvalue weighted by Gasteiger charge is 2.49. The first-order chi connectivity index (χ1) is 16.2. The Labute approximate surface area is 196 Å². The lowest BCUT2D eigenvalue weighted by molar-refractivity contribution is -0.132. The fraction of sp³-hybridized carbons (Fsp3) is 0.318. The summed E-state index contributed by atoms with van der Waals surface area (Å²) in [5.74, 6) is -1.24. The smallest absolute Gasteiger partial charge is 0.309 e. The molecule has 2 heterocycles. The molecule has 3 N–H and O–H groups in total. The summed E-state index contributed by atoms with van der Waals surface area (Å²) in [5.41, 5.74) is 6.69. The molecule has 2 aromatic rings. The van der Waals surface area contributed by atoms with Crippen molar-refractivity contribution in [2.24, 2.45) is 0 Å². The summed E-state index contributed by atoms with van der Waals surface area (Å²) in [4.78, 5) is 39.0. The van der Waals surface area contributed by atoms with Crippen LogP contribution in [0.3, 0.4) is 0 Å². The number of urea groups is 1. The van der Waals surface area contributed by atoms with Gasteiger partial charge in [-0.1, -0.05) is 60.7 Å². The van der Waals surface area contributed by atoms with Gasteiger partial charge in [0.1, 0.15) is 6.04 Å². The first-order valence-corrected chi connectivity index (χ1v) is 12.0. The minimum absolute atomic E-state index is 0.0600. The molecule has 2 bridgehead atoms. The van der Waals surface area contributed by atoms with Crippen LogP contribution in [0.4, 0.5) is 4.79 Å². The fourth-order valence-corrected chi connectivity index (χ4v) is 4.74. The first kappa shape index (κ1) is 23.7. The first-order valence-electron chi connectivity index (χ1n) is 10.7. The molecule has 4 rings (SSSR count). The number of nitrogens with zero attached hydrogens (tertiary/aromatic N) is 2. The topological polar surface area (TPSA) is 145 Å². The summed E-state index contributed by atoms with van der Waals surface area (Å²) >= 11 is 0. The molecule has 0 spiro atoms. The average molecular weight is 489 g/mol. The summed E-state index contributed by atoms with van der Waals surface area (Å²) < 4.78 is 35.2. The molecule has 2 aliphatic heterocycles. The molecule has 2 atom stereocenters. The maximum Gasteiger partial charge on any atom is 0.418 e. The van der Waals surface area contributed by atoms with Gasteiger partial charge in [-0.05, 0) is 24.0 Å². The van der Waals surface area contributed by atoms with E-state index >= 15 is 0 Å². The minimum Gasteiger partial charge on any atom is -0.309 e. The Morgan fingerprint density at radius 1 is 1.00 bits per heavy atom. The molecule has 0 radical (unpaired) electrons. The molecule has 0 unspecified atom stereocenters. The maximum atomic E-state index is 12.7. The van der Waals surface area contributed by atoms with Crippen LogP contribution >= 0.6 is 0 Å². The second-order valence-electron chi connectivity index (χ2n) is 8.13. The molecule has 34 heavy (non-hydrogen) atoms. The van der Waals surface area contributed by atoms with Crippen molar-refractivity contribution in [2.75, 3.05) is 6.54 Å². The lowest BCUT2D eigenvalue weighted by atomic mass is 9.88. The number of carbonyl (C=O) groups excluding carboxylic acids is 3. The van der Waals surface area contributed by atoms with Crippen LogP contribution in [-0.4, -0.2) is 59.4 Å². The van der Waals surface area contributed by atoms with Crippen molar-refractivity contribution in [1.29, 1.82) is 0 Å². The molecular formula is C22H24N4O7S. The lowest BCUT2D eigenvalue weighted by Gasteiger charge is -2.29. The van der Waals surface area contributed by atoms with E-state index in [1.54, 1.807) is 0 Å². The zero-order chi connectivity index (χ0) is 24.3. The molecule has 0 saturated carbocycles. The van der Waals surface area contributed by atoms with Crippen molar-refractivity contribution in [3.63, 3.8) is 0 Å². The number of hydroxylamine groups is 2. The highest BCUT2D eigenvalue weighted by atomic mass is 32.3. The van der Waals surface area contributed by atoms with Crippen molar-refractivity contribution in [1.82, 2.24) is 20.8 Å². The van der Waals surface area contributed by atoms with Crippen molar-refractivity contribution in [3.8, 4) is 0 Å². The fourth-order valence-electron chi connectivity index (χ4n) is 4.35. The van der Waals surface area contributed by atoms with Crippen LogP contribution in [-0.2, 0) is 24.3 Å². The lowest BCUT2D eigenvalue weighted by Crippen LogP contribution is -2.54.